The third kappa shape index (κ3) is 49.2. The average Bonchev–Trinajstić information content (AvgIpc) is 0.853. The van der Waals surface area contributed by atoms with Crippen LogP contribution in [0.5, 0.6) is 11.5 Å². The minimum absolute atomic E-state index is 0.0702. The number of rotatable bonds is 38. The molecule has 4 saturated carbocycles. The highest BCUT2D eigenvalue weighted by Crippen LogP contribution is 2.34. The van der Waals surface area contributed by atoms with Gasteiger partial charge >= 0.3 is 18.3 Å². The Morgan fingerprint density at radius 2 is 0.759 bits per heavy atom. The number of phenolic OH excluding ortho intramolecular Hbond substituents is 1. The Labute approximate surface area is 648 Å². The average molecular weight is 1550 g/mol. The van der Waals surface area contributed by atoms with Gasteiger partial charge in [-0.2, -0.15) is 8.42 Å². The van der Waals surface area contributed by atoms with E-state index in [9.17, 15) is 36.7 Å². The van der Waals surface area contributed by atoms with Gasteiger partial charge in [0.1, 0.15) is 11.2 Å². The Kier molecular flexibility index (Phi) is 55.2. The molecular formula is C84H143F2N3O18S. The van der Waals surface area contributed by atoms with Crippen LogP contribution in [0.2, 0.25) is 0 Å². The number of para-hydroxylation sites is 2. The number of ether oxygens (including phenoxy) is 9. The molecule has 0 bridgehead atoms. The summed E-state index contributed by atoms with van der Waals surface area (Å²) >= 11 is 0. The second-order valence-corrected chi connectivity index (χ2v) is 32.2. The van der Waals surface area contributed by atoms with Gasteiger partial charge in [-0.25, -0.2) is 23.2 Å². The van der Waals surface area contributed by atoms with Gasteiger partial charge in [-0.15, -0.1) is 0 Å². The number of benzene rings is 3. The molecule has 3 amide bonds. The lowest BCUT2D eigenvalue weighted by Gasteiger charge is -2.31. The third-order valence-electron chi connectivity index (χ3n) is 18.9. The topological polar surface area (TPSA) is 274 Å². The van der Waals surface area contributed by atoms with E-state index in [1.165, 1.54) is 127 Å². The summed E-state index contributed by atoms with van der Waals surface area (Å²) < 4.78 is 105. The standard InChI is InChI=1S/C21H32FNO4.C19H37NO4.C19H30O4S.C12H24O2.C7H15NO3.C6H5FO/c1-2-3-13-25-15-17-8-4-5-9-18(17)16-26-14-12-23-21(24)27-20-11-7-6-10-19(20)22;1-5-6-12-22-14-16-9-7-8-10-17(16)15-23-13-11-20-18(21)24-19(2,3)4;1-3-4-13-22-14-17-7-5-6-8-18(17)15-23-24(20,21)19-11-9-16(2)10-12-19;1-2-3-8-14-10-12-7-5-4-6-11(12)9-13;1-7(2,3)11-6(10)8-4-5-9;7-5-3-1-2-4-6(5)8/h6-7,10-11,17-18H,2-5,8-9,12-16H2,1H3,(H,23,24);16-17H,5-15H2,1-4H3,(H,20,21);9-12,17-18H,3-8,13-15H2,1-2H3;11-13H,2-10H2,1H3;9H,4-5H2,1-3H3,(H,8,10);1-4,8H. The van der Waals surface area contributed by atoms with Crippen molar-refractivity contribution < 1.29 is 93.7 Å². The van der Waals surface area contributed by atoms with Crippen molar-refractivity contribution in [1.29, 1.82) is 0 Å². The van der Waals surface area contributed by atoms with Crippen LogP contribution in [0.1, 0.15) is 229 Å². The van der Waals surface area contributed by atoms with Gasteiger partial charge in [-0.1, -0.05) is 147 Å². The molecule has 3 aromatic carbocycles. The van der Waals surface area contributed by atoms with Crippen LogP contribution in [0.4, 0.5) is 23.2 Å². The van der Waals surface area contributed by atoms with Crippen molar-refractivity contribution in [3.8, 4) is 11.5 Å². The zero-order chi connectivity index (χ0) is 79.7. The minimum Gasteiger partial charge on any atom is -0.505 e. The number of nitrogens with one attached hydrogen (secondary N) is 3. The molecule has 4 aliphatic rings. The number of carbonyl (C=O) groups excluding carboxylic acids is 3. The van der Waals surface area contributed by atoms with E-state index in [0.29, 0.717) is 80.9 Å². The maximum atomic E-state index is 13.4. The fourth-order valence-electron chi connectivity index (χ4n) is 12.6. The van der Waals surface area contributed by atoms with Crippen LogP contribution in [0.15, 0.2) is 77.7 Å². The quantitative estimate of drug-likeness (QED) is 0.0230. The summed E-state index contributed by atoms with van der Waals surface area (Å²) in [4.78, 5) is 34.2. The number of halogens is 2. The van der Waals surface area contributed by atoms with Crippen LogP contribution in [-0.4, -0.2) is 172 Å². The van der Waals surface area contributed by atoms with Crippen LogP contribution < -0.4 is 20.7 Å². The number of amides is 3. The fraction of sp³-hybridized carbons (Fsp3) is 0.750. The predicted molar refractivity (Wildman–Crippen MR) is 422 cm³/mol. The van der Waals surface area contributed by atoms with E-state index in [-0.39, 0.29) is 48.2 Å². The van der Waals surface area contributed by atoms with Gasteiger partial charge in [0.25, 0.3) is 10.1 Å². The van der Waals surface area contributed by atoms with Crippen molar-refractivity contribution >= 4 is 28.4 Å². The van der Waals surface area contributed by atoms with Crippen molar-refractivity contribution in [3.05, 3.63) is 90.0 Å². The molecule has 8 atom stereocenters. The predicted octanol–water partition coefficient (Wildman–Crippen LogP) is 17.7. The molecule has 0 aromatic heterocycles. The van der Waals surface area contributed by atoms with Crippen molar-refractivity contribution in [2.45, 2.75) is 246 Å². The Morgan fingerprint density at radius 3 is 1.09 bits per heavy atom. The molecule has 0 saturated heterocycles. The molecule has 24 heteroatoms. The number of unbranched alkanes of at least 4 members (excludes halogenated alkanes) is 4. The van der Waals surface area contributed by atoms with E-state index in [1.807, 2.05) is 27.7 Å². The van der Waals surface area contributed by atoms with Crippen LogP contribution in [0.3, 0.4) is 0 Å². The summed E-state index contributed by atoms with van der Waals surface area (Å²) in [6.45, 7) is 32.2. The summed E-state index contributed by atoms with van der Waals surface area (Å²) in [7, 11) is -3.67. The van der Waals surface area contributed by atoms with E-state index in [2.05, 4.69) is 43.6 Å². The minimum atomic E-state index is -3.67. The number of phenols is 1. The number of alkyl carbamates (subject to hydrolysis) is 2. The summed E-state index contributed by atoms with van der Waals surface area (Å²) in [5.41, 5.74) is 0.0999. The first-order valence-electron chi connectivity index (χ1n) is 40.5. The summed E-state index contributed by atoms with van der Waals surface area (Å²) in [6.07, 6.45) is 27.1. The first kappa shape index (κ1) is 98.8. The number of hydrogen-bond donors (Lipinski definition) is 6. The normalized spacial score (nSPS) is 19.9. The number of aromatic hydroxyl groups is 1. The number of carbonyl (C=O) groups is 3. The van der Waals surface area contributed by atoms with Gasteiger partial charge in [0, 0.05) is 92.3 Å². The van der Waals surface area contributed by atoms with Gasteiger partial charge in [0.2, 0.25) is 0 Å². The lowest BCUT2D eigenvalue weighted by Crippen LogP contribution is -2.35. The first-order chi connectivity index (χ1) is 51.8. The van der Waals surface area contributed by atoms with Gasteiger partial charge in [-0.05, 0) is 209 Å². The Hall–Kier alpha value is -5.28. The zero-order valence-corrected chi connectivity index (χ0v) is 68.7. The maximum Gasteiger partial charge on any atom is 0.412 e. The molecule has 108 heavy (non-hydrogen) atoms. The lowest BCUT2D eigenvalue weighted by molar-refractivity contribution is 0.0129. The van der Waals surface area contributed by atoms with Gasteiger partial charge in [0.05, 0.1) is 31.3 Å². The van der Waals surface area contributed by atoms with Crippen molar-refractivity contribution in [2.24, 2.45) is 47.3 Å². The van der Waals surface area contributed by atoms with Crippen molar-refractivity contribution in [2.75, 3.05) is 119 Å². The monoisotopic (exact) mass is 1550 g/mol. The van der Waals surface area contributed by atoms with E-state index in [1.54, 1.807) is 63.2 Å². The molecule has 0 spiro atoms. The molecule has 6 N–H and O–H groups in total. The van der Waals surface area contributed by atoms with Gasteiger partial charge in [-0.3, -0.25) is 4.18 Å². The van der Waals surface area contributed by atoms with Crippen LogP contribution in [0, 0.1) is 65.9 Å². The molecule has 0 aliphatic heterocycles. The van der Waals surface area contributed by atoms with Crippen molar-refractivity contribution in [3.63, 3.8) is 0 Å². The zero-order valence-electron chi connectivity index (χ0n) is 67.9. The highest BCUT2D eigenvalue weighted by molar-refractivity contribution is 7.86. The molecule has 7 rings (SSSR count). The Balaban J connectivity index is 0.000000458. The Morgan fingerprint density at radius 1 is 0.435 bits per heavy atom. The summed E-state index contributed by atoms with van der Waals surface area (Å²) in [6, 6.07) is 18.2. The number of aliphatic hydroxyl groups is 2. The summed E-state index contributed by atoms with van der Waals surface area (Å²) in [5, 5.41) is 33.8. The first-order valence-corrected chi connectivity index (χ1v) is 41.9. The van der Waals surface area contributed by atoms with E-state index >= 15 is 0 Å². The Bertz CT molecular complexity index is 2830. The van der Waals surface area contributed by atoms with Gasteiger partial charge in [0.15, 0.2) is 23.1 Å². The molecule has 4 aliphatic carbocycles. The van der Waals surface area contributed by atoms with Crippen LogP contribution >= 0.6 is 0 Å². The number of aryl methyl sites for hydroxylation is 1. The highest BCUT2D eigenvalue weighted by atomic mass is 32.2. The SMILES string of the molecule is CC(C)(C)OC(=O)NCCO.CCCCOCC1CCCCC1CO.CCCCOCC1CCCCC1COCCNC(=O)OC(C)(C)C.CCCCOCC1CCCCC1COCCNC(=O)Oc1ccccc1F.CCCCOCC1CCCCC1COS(=O)(=O)c1ccc(C)cc1.Oc1ccccc1F. The third-order valence-corrected chi connectivity index (χ3v) is 20.2. The molecule has 4 fully saturated rings. The molecular weight excluding hydrogens is 1410 g/mol. The van der Waals surface area contributed by atoms with Gasteiger partial charge < -0.3 is 73.9 Å². The van der Waals surface area contributed by atoms with E-state index < -0.39 is 45.1 Å². The van der Waals surface area contributed by atoms with E-state index in [0.717, 1.165) is 123 Å². The molecule has 8 unspecified atom stereocenters. The highest BCUT2D eigenvalue weighted by Gasteiger charge is 2.30. The molecule has 0 radical (unpaired) electrons. The molecule has 622 valence electrons. The van der Waals surface area contributed by atoms with Crippen LogP contribution in [0.25, 0.3) is 0 Å². The number of hydrogen-bond acceptors (Lipinski definition) is 18. The second-order valence-electron chi connectivity index (χ2n) is 30.6. The molecule has 0 heterocycles. The maximum absolute atomic E-state index is 13.4. The fourth-order valence-corrected chi connectivity index (χ4v) is 13.6. The number of aliphatic hydroxyl groups excluding tert-OH is 2. The smallest absolute Gasteiger partial charge is 0.412 e. The van der Waals surface area contributed by atoms with Crippen molar-refractivity contribution in [1.82, 2.24) is 16.0 Å². The second kappa shape index (κ2) is 60.4. The lowest BCUT2D eigenvalue weighted by atomic mass is 9.80. The molecule has 3 aromatic rings. The summed E-state index contributed by atoms with van der Waals surface area (Å²) in [5.74, 6) is 2.56. The van der Waals surface area contributed by atoms with E-state index in [4.69, 9.17) is 57.0 Å². The largest absolute Gasteiger partial charge is 0.505 e. The molecule has 21 nitrogen and oxygen atoms in total. The van der Waals surface area contributed by atoms with Crippen LogP contribution in [-0.2, 0) is 52.2 Å².